The molecule has 0 rings (SSSR count). The summed E-state index contributed by atoms with van der Waals surface area (Å²) in [5.41, 5.74) is 0. The highest BCUT2D eigenvalue weighted by atomic mass is 28.4. The van der Waals surface area contributed by atoms with Crippen LogP contribution in [0.4, 0.5) is 4.11 Å². The Morgan fingerprint density at radius 2 is 2.25 bits per heavy atom. The SMILES string of the molecule is CCC[Si](C)(F)O[SiH3]. The van der Waals surface area contributed by atoms with Gasteiger partial charge < -0.3 is 4.12 Å². The van der Waals surface area contributed by atoms with Crippen molar-refractivity contribution in [2.24, 2.45) is 0 Å². The Morgan fingerprint density at radius 1 is 1.75 bits per heavy atom. The standard InChI is InChI=1S/C4H13FOSi2/c1-3-4-8(2,5)6-7/h3-4H2,1-2,7H3. The van der Waals surface area contributed by atoms with Gasteiger partial charge in [0, 0.05) is 0 Å². The van der Waals surface area contributed by atoms with Gasteiger partial charge in [0.1, 0.15) is 10.5 Å². The Bertz CT molecular complexity index is 67.1. The van der Waals surface area contributed by atoms with Crippen molar-refractivity contribution < 1.29 is 8.22 Å². The van der Waals surface area contributed by atoms with E-state index in [1.165, 1.54) is 0 Å². The van der Waals surface area contributed by atoms with E-state index in [-0.39, 0.29) is 0 Å². The lowest BCUT2D eigenvalue weighted by molar-refractivity contribution is 0.498. The molecule has 0 aromatic carbocycles. The first kappa shape index (κ1) is 8.32. The van der Waals surface area contributed by atoms with E-state index in [9.17, 15) is 4.11 Å². The van der Waals surface area contributed by atoms with Crippen molar-refractivity contribution in [3.63, 3.8) is 0 Å². The van der Waals surface area contributed by atoms with Crippen LogP contribution in [0.3, 0.4) is 0 Å². The fourth-order valence-corrected chi connectivity index (χ4v) is 2.26. The van der Waals surface area contributed by atoms with Crippen LogP contribution in [0, 0.1) is 0 Å². The van der Waals surface area contributed by atoms with Gasteiger partial charge in [0.05, 0.1) is 0 Å². The van der Waals surface area contributed by atoms with Gasteiger partial charge in [0.25, 0.3) is 0 Å². The molecule has 0 aliphatic heterocycles. The van der Waals surface area contributed by atoms with Gasteiger partial charge in [-0.05, 0) is 12.6 Å². The zero-order chi connectivity index (χ0) is 6.62. The second kappa shape index (κ2) is 3.37. The quantitative estimate of drug-likeness (QED) is 0.428. The van der Waals surface area contributed by atoms with Crippen molar-refractivity contribution in [3.8, 4) is 0 Å². The number of halogens is 1. The molecule has 0 fully saturated rings. The topological polar surface area (TPSA) is 9.23 Å². The summed E-state index contributed by atoms with van der Waals surface area (Å²) in [6, 6.07) is 0.649. The summed E-state index contributed by atoms with van der Waals surface area (Å²) in [6.45, 7) is 3.59. The van der Waals surface area contributed by atoms with E-state index >= 15 is 0 Å². The predicted molar refractivity (Wildman–Crippen MR) is 38.8 cm³/mol. The van der Waals surface area contributed by atoms with E-state index in [1.54, 1.807) is 6.55 Å². The van der Waals surface area contributed by atoms with Gasteiger partial charge in [-0.15, -0.1) is 0 Å². The molecule has 4 heteroatoms. The molecule has 0 aromatic rings. The highest BCUT2D eigenvalue weighted by Gasteiger charge is 2.25. The third-order valence-corrected chi connectivity index (χ3v) is 5.92. The lowest BCUT2D eigenvalue weighted by Crippen LogP contribution is -2.26. The van der Waals surface area contributed by atoms with Gasteiger partial charge in [0.15, 0.2) is 0 Å². The number of hydrogen-bond acceptors (Lipinski definition) is 1. The van der Waals surface area contributed by atoms with Gasteiger partial charge in [-0.2, -0.15) is 0 Å². The van der Waals surface area contributed by atoms with Crippen LogP contribution in [-0.4, -0.2) is 19.1 Å². The first-order valence-corrected chi connectivity index (χ1v) is 6.17. The van der Waals surface area contributed by atoms with Crippen LogP contribution in [0.25, 0.3) is 0 Å². The molecule has 0 spiro atoms. The van der Waals surface area contributed by atoms with E-state index < -0.39 is 8.65 Å². The Labute approximate surface area is 54.1 Å². The summed E-state index contributed by atoms with van der Waals surface area (Å²) in [4.78, 5) is 0. The molecule has 1 nitrogen and oxygen atoms in total. The monoisotopic (exact) mass is 152 g/mol. The van der Waals surface area contributed by atoms with Crippen molar-refractivity contribution in [1.82, 2.24) is 0 Å². The molecule has 0 saturated heterocycles. The molecular formula is C4H13FOSi2. The fraction of sp³-hybridized carbons (Fsp3) is 1.00. The Balaban J connectivity index is 3.37. The minimum absolute atomic E-state index is 0.548. The van der Waals surface area contributed by atoms with E-state index in [0.717, 1.165) is 6.42 Å². The molecule has 0 heterocycles. The summed E-state index contributed by atoms with van der Waals surface area (Å²) in [5.74, 6) is 0. The largest absolute Gasteiger partial charge is 0.442 e. The van der Waals surface area contributed by atoms with Crippen LogP contribution >= 0.6 is 0 Å². The van der Waals surface area contributed by atoms with Gasteiger partial charge >= 0.3 is 8.65 Å². The van der Waals surface area contributed by atoms with E-state index in [0.29, 0.717) is 16.5 Å². The molecule has 0 saturated carbocycles. The van der Waals surface area contributed by atoms with E-state index in [1.807, 2.05) is 6.92 Å². The molecular weight excluding hydrogens is 139 g/mol. The van der Waals surface area contributed by atoms with Gasteiger partial charge in [-0.25, -0.2) is 0 Å². The van der Waals surface area contributed by atoms with E-state index in [2.05, 4.69) is 0 Å². The van der Waals surface area contributed by atoms with Crippen molar-refractivity contribution in [2.75, 3.05) is 0 Å². The molecule has 1 unspecified atom stereocenters. The minimum Gasteiger partial charge on any atom is -0.442 e. The first-order valence-electron chi connectivity index (χ1n) is 2.86. The van der Waals surface area contributed by atoms with Crippen LogP contribution in [0.2, 0.25) is 12.6 Å². The normalized spacial score (nSPS) is 18.4. The van der Waals surface area contributed by atoms with Crippen molar-refractivity contribution in [1.29, 1.82) is 0 Å². The Kier molecular flexibility index (Phi) is 3.51. The molecule has 50 valence electrons. The third kappa shape index (κ3) is 3.34. The van der Waals surface area contributed by atoms with Gasteiger partial charge in [-0.3, -0.25) is 4.11 Å². The second-order valence-corrected chi connectivity index (χ2v) is 6.39. The Morgan fingerprint density at radius 3 is 2.38 bits per heavy atom. The van der Waals surface area contributed by atoms with Crippen molar-refractivity contribution in [2.45, 2.75) is 25.9 Å². The second-order valence-electron chi connectivity index (χ2n) is 2.06. The maximum absolute atomic E-state index is 12.8. The summed E-state index contributed by atoms with van der Waals surface area (Å²) in [6.07, 6.45) is 0.904. The smallest absolute Gasteiger partial charge is 0.370 e. The summed E-state index contributed by atoms with van der Waals surface area (Å²) >= 11 is 0. The number of hydrogen-bond donors (Lipinski definition) is 0. The summed E-state index contributed by atoms with van der Waals surface area (Å²) in [7, 11) is -2.07. The molecule has 1 atom stereocenters. The zero-order valence-corrected chi connectivity index (χ0v) is 8.70. The zero-order valence-electron chi connectivity index (χ0n) is 5.70. The molecule has 0 amide bonds. The van der Waals surface area contributed by atoms with Crippen LogP contribution < -0.4 is 0 Å². The highest BCUT2D eigenvalue weighted by Crippen LogP contribution is 2.12. The molecule has 8 heavy (non-hydrogen) atoms. The molecule has 0 N–H and O–H groups in total. The average Bonchev–Trinajstić information content (AvgIpc) is 1.67. The van der Waals surface area contributed by atoms with Crippen LogP contribution in [0.15, 0.2) is 0 Å². The molecule has 0 aliphatic carbocycles. The van der Waals surface area contributed by atoms with Gasteiger partial charge in [-0.1, -0.05) is 13.3 Å². The lowest BCUT2D eigenvalue weighted by Gasteiger charge is -2.12. The number of rotatable bonds is 3. The maximum Gasteiger partial charge on any atom is 0.370 e. The van der Waals surface area contributed by atoms with Crippen LogP contribution in [0.1, 0.15) is 13.3 Å². The highest BCUT2D eigenvalue weighted by molar-refractivity contribution is 6.68. The fourth-order valence-electron chi connectivity index (χ4n) is 0.549. The maximum atomic E-state index is 12.8. The lowest BCUT2D eigenvalue weighted by atomic mass is 10.6. The van der Waals surface area contributed by atoms with Gasteiger partial charge in [0.2, 0.25) is 0 Å². The first-order chi connectivity index (χ1) is 3.62. The molecule has 0 bridgehead atoms. The minimum atomic E-state index is -2.62. The summed E-state index contributed by atoms with van der Waals surface area (Å²) in [5, 5.41) is 0. The summed E-state index contributed by atoms with van der Waals surface area (Å²) < 4.78 is 17.6. The van der Waals surface area contributed by atoms with Crippen LogP contribution in [-0.2, 0) is 4.12 Å². The predicted octanol–water partition coefficient (Wildman–Crippen LogP) is 0.735. The molecule has 0 aliphatic rings. The van der Waals surface area contributed by atoms with Crippen molar-refractivity contribution >= 4 is 19.1 Å². The van der Waals surface area contributed by atoms with Crippen molar-refractivity contribution in [3.05, 3.63) is 0 Å². The van der Waals surface area contributed by atoms with E-state index in [4.69, 9.17) is 4.12 Å². The molecule has 0 radical (unpaired) electrons. The van der Waals surface area contributed by atoms with Crippen LogP contribution in [0.5, 0.6) is 0 Å². The molecule has 0 aromatic heterocycles. The Hall–Kier alpha value is 0.324. The third-order valence-electron chi connectivity index (χ3n) is 1.12. The average molecular weight is 152 g/mol.